The third-order valence-electron chi connectivity index (χ3n) is 3.73. The molecular formula is C14H20ClNO. The van der Waals surface area contributed by atoms with E-state index < -0.39 is 6.10 Å². The molecule has 1 aromatic carbocycles. The maximum Gasteiger partial charge on any atom is 0.0760 e. The smallest absolute Gasteiger partial charge is 0.0760 e. The zero-order valence-corrected chi connectivity index (χ0v) is 10.7. The molecule has 0 amide bonds. The van der Waals surface area contributed by atoms with E-state index in [1.54, 1.807) is 0 Å². The van der Waals surface area contributed by atoms with Crippen LogP contribution in [0, 0.1) is 5.92 Å². The molecule has 1 saturated carbocycles. The Bertz CT molecular complexity index is 363. The SMILES string of the molecule is N[C@H](c1cccc(Cl)c1)[C@@H](O)C1CCCCC1. The van der Waals surface area contributed by atoms with E-state index in [1.165, 1.54) is 19.3 Å². The van der Waals surface area contributed by atoms with Crippen LogP contribution in [0.2, 0.25) is 5.02 Å². The van der Waals surface area contributed by atoms with Gasteiger partial charge in [0.1, 0.15) is 0 Å². The molecule has 0 saturated heterocycles. The van der Waals surface area contributed by atoms with Gasteiger partial charge in [0, 0.05) is 5.02 Å². The van der Waals surface area contributed by atoms with Gasteiger partial charge in [-0.25, -0.2) is 0 Å². The van der Waals surface area contributed by atoms with Gasteiger partial charge in [-0.15, -0.1) is 0 Å². The Morgan fingerprint density at radius 1 is 1.24 bits per heavy atom. The summed E-state index contributed by atoms with van der Waals surface area (Å²) in [6.45, 7) is 0. The van der Waals surface area contributed by atoms with E-state index in [2.05, 4.69) is 0 Å². The predicted octanol–water partition coefficient (Wildman–Crippen LogP) is 3.28. The molecule has 17 heavy (non-hydrogen) atoms. The minimum Gasteiger partial charge on any atom is -0.391 e. The predicted molar refractivity (Wildman–Crippen MR) is 71.0 cm³/mol. The summed E-state index contributed by atoms with van der Waals surface area (Å²) in [6.07, 6.45) is 5.45. The summed E-state index contributed by atoms with van der Waals surface area (Å²) in [5.41, 5.74) is 7.06. The van der Waals surface area contributed by atoms with E-state index in [-0.39, 0.29) is 6.04 Å². The van der Waals surface area contributed by atoms with Crippen molar-refractivity contribution in [3.8, 4) is 0 Å². The highest BCUT2D eigenvalue weighted by atomic mass is 35.5. The molecule has 0 unspecified atom stereocenters. The lowest BCUT2D eigenvalue weighted by Crippen LogP contribution is -2.34. The molecule has 0 aromatic heterocycles. The van der Waals surface area contributed by atoms with Crippen LogP contribution in [0.15, 0.2) is 24.3 Å². The highest BCUT2D eigenvalue weighted by Gasteiger charge is 2.27. The highest BCUT2D eigenvalue weighted by molar-refractivity contribution is 6.30. The van der Waals surface area contributed by atoms with Crippen LogP contribution in [0.1, 0.15) is 43.7 Å². The molecular weight excluding hydrogens is 234 g/mol. The summed E-state index contributed by atoms with van der Waals surface area (Å²) in [5, 5.41) is 11.0. The van der Waals surface area contributed by atoms with Crippen LogP contribution in [0.5, 0.6) is 0 Å². The highest BCUT2D eigenvalue weighted by Crippen LogP contribution is 2.31. The Labute approximate surface area is 108 Å². The summed E-state index contributed by atoms with van der Waals surface area (Å²) >= 11 is 5.94. The number of halogens is 1. The molecule has 0 heterocycles. The first-order chi connectivity index (χ1) is 8.18. The van der Waals surface area contributed by atoms with Gasteiger partial charge in [0.2, 0.25) is 0 Å². The first kappa shape index (κ1) is 12.9. The van der Waals surface area contributed by atoms with Gasteiger partial charge >= 0.3 is 0 Å². The largest absolute Gasteiger partial charge is 0.391 e. The second-order valence-electron chi connectivity index (χ2n) is 4.97. The van der Waals surface area contributed by atoms with Crippen LogP contribution in [-0.4, -0.2) is 11.2 Å². The van der Waals surface area contributed by atoms with Crippen LogP contribution in [0.4, 0.5) is 0 Å². The third-order valence-corrected chi connectivity index (χ3v) is 3.97. The number of nitrogens with two attached hydrogens (primary N) is 1. The van der Waals surface area contributed by atoms with Gasteiger partial charge in [0.15, 0.2) is 0 Å². The van der Waals surface area contributed by atoms with Crippen molar-refractivity contribution in [3.05, 3.63) is 34.9 Å². The molecule has 0 aliphatic heterocycles. The topological polar surface area (TPSA) is 46.2 Å². The maximum absolute atomic E-state index is 10.3. The van der Waals surface area contributed by atoms with Crippen LogP contribution in [0.25, 0.3) is 0 Å². The van der Waals surface area contributed by atoms with Crippen molar-refractivity contribution in [2.75, 3.05) is 0 Å². The Morgan fingerprint density at radius 2 is 1.94 bits per heavy atom. The Morgan fingerprint density at radius 3 is 2.59 bits per heavy atom. The van der Waals surface area contributed by atoms with Gasteiger partial charge < -0.3 is 10.8 Å². The quantitative estimate of drug-likeness (QED) is 0.869. The third kappa shape index (κ3) is 3.21. The number of hydrogen-bond donors (Lipinski definition) is 2. The van der Waals surface area contributed by atoms with Gasteiger partial charge in [-0.2, -0.15) is 0 Å². The van der Waals surface area contributed by atoms with E-state index in [0.717, 1.165) is 18.4 Å². The average Bonchev–Trinajstić information content (AvgIpc) is 2.38. The molecule has 1 aromatic rings. The molecule has 2 atom stereocenters. The molecule has 1 aliphatic carbocycles. The number of aliphatic hydroxyl groups excluding tert-OH is 1. The Kier molecular flexibility index (Phi) is 4.43. The van der Waals surface area contributed by atoms with Gasteiger partial charge in [-0.05, 0) is 36.5 Å². The number of rotatable bonds is 3. The lowest BCUT2D eigenvalue weighted by atomic mass is 9.81. The Balaban J connectivity index is 2.05. The molecule has 2 nitrogen and oxygen atoms in total. The van der Waals surface area contributed by atoms with Crippen molar-refractivity contribution in [3.63, 3.8) is 0 Å². The fourth-order valence-corrected chi connectivity index (χ4v) is 2.88. The van der Waals surface area contributed by atoms with Gasteiger partial charge in [0.05, 0.1) is 12.1 Å². The van der Waals surface area contributed by atoms with E-state index >= 15 is 0 Å². The Hall–Kier alpha value is -0.570. The molecule has 0 radical (unpaired) electrons. The maximum atomic E-state index is 10.3. The van der Waals surface area contributed by atoms with Crippen molar-refractivity contribution in [2.45, 2.75) is 44.2 Å². The zero-order chi connectivity index (χ0) is 12.3. The molecule has 94 valence electrons. The van der Waals surface area contributed by atoms with Gasteiger partial charge in [-0.1, -0.05) is 43.0 Å². The summed E-state index contributed by atoms with van der Waals surface area (Å²) in [6, 6.07) is 7.16. The van der Waals surface area contributed by atoms with Gasteiger partial charge in [0.25, 0.3) is 0 Å². The second kappa shape index (κ2) is 5.85. The average molecular weight is 254 g/mol. The number of hydrogen-bond acceptors (Lipinski definition) is 2. The summed E-state index contributed by atoms with van der Waals surface area (Å²) < 4.78 is 0. The molecule has 3 N–H and O–H groups in total. The molecule has 0 spiro atoms. The number of benzene rings is 1. The fraction of sp³-hybridized carbons (Fsp3) is 0.571. The van der Waals surface area contributed by atoms with Crippen molar-refractivity contribution >= 4 is 11.6 Å². The second-order valence-corrected chi connectivity index (χ2v) is 5.41. The lowest BCUT2D eigenvalue weighted by Gasteiger charge is -2.30. The molecule has 0 bridgehead atoms. The van der Waals surface area contributed by atoms with Crippen LogP contribution in [-0.2, 0) is 0 Å². The molecule has 3 heteroatoms. The van der Waals surface area contributed by atoms with Crippen LogP contribution >= 0.6 is 11.6 Å². The van der Waals surface area contributed by atoms with Crippen molar-refractivity contribution < 1.29 is 5.11 Å². The summed E-state index contributed by atoms with van der Waals surface area (Å²) in [4.78, 5) is 0. The normalized spacial score (nSPS) is 21.1. The number of aliphatic hydroxyl groups is 1. The van der Waals surface area contributed by atoms with Crippen molar-refractivity contribution in [2.24, 2.45) is 11.7 Å². The van der Waals surface area contributed by atoms with Crippen LogP contribution in [0.3, 0.4) is 0 Å². The van der Waals surface area contributed by atoms with Crippen molar-refractivity contribution in [1.29, 1.82) is 0 Å². The monoisotopic (exact) mass is 253 g/mol. The standard InChI is InChI=1S/C14H20ClNO/c15-12-8-4-7-11(9-12)13(16)14(17)10-5-2-1-3-6-10/h4,7-10,13-14,17H,1-3,5-6,16H2/t13-,14+/m1/s1. The molecule has 1 fully saturated rings. The first-order valence-corrected chi connectivity index (χ1v) is 6.75. The first-order valence-electron chi connectivity index (χ1n) is 6.37. The van der Waals surface area contributed by atoms with E-state index in [0.29, 0.717) is 10.9 Å². The van der Waals surface area contributed by atoms with Gasteiger partial charge in [-0.3, -0.25) is 0 Å². The minimum atomic E-state index is -0.450. The zero-order valence-electron chi connectivity index (χ0n) is 9.98. The van der Waals surface area contributed by atoms with E-state index in [4.69, 9.17) is 17.3 Å². The van der Waals surface area contributed by atoms with E-state index in [9.17, 15) is 5.11 Å². The minimum absolute atomic E-state index is 0.322. The van der Waals surface area contributed by atoms with Crippen molar-refractivity contribution in [1.82, 2.24) is 0 Å². The van der Waals surface area contributed by atoms with E-state index in [1.807, 2.05) is 24.3 Å². The van der Waals surface area contributed by atoms with Crippen LogP contribution < -0.4 is 5.73 Å². The fourth-order valence-electron chi connectivity index (χ4n) is 2.68. The summed E-state index contributed by atoms with van der Waals surface area (Å²) in [7, 11) is 0. The molecule has 2 rings (SSSR count). The summed E-state index contributed by atoms with van der Waals surface area (Å²) in [5.74, 6) is 0.345. The lowest BCUT2D eigenvalue weighted by molar-refractivity contribution is 0.0618. The molecule has 1 aliphatic rings.